The van der Waals surface area contributed by atoms with Gasteiger partial charge in [-0.05, 0) is 69.4 Å². The van der Waals surface area contributed by atoms with E-state index in [0.717, 1.165) is 30.9 Å². The number of unbranched alkanes of at least 4 members (excludes halogenated alkanes) is 1. The molecule has 0 aliphatic heterocycles. The number of nitrogens with one attached hydrogen (secondary N) is 3. The van der Waals surface area contributed by atoms with Crippen molar-refractivity contribution in [2.75, 3.05) is 5.32 Å². The maximum Gasteiger partial charge on any atom is 0.418 e. The van der Waals surface area contributed by atoms with Crippen molar-refractivity contribution in [2.45, 2.75) is 76.2 Å². The second kappa shape index (κ2) is 10.7. The summed E-state index contributed by atoms with van der Waals surface area (Å²) in [5, 5.41) is 8.52. The number of halogens is 3. The Labute approximate surface area is 203 Å². The first kappa shape index (κ1) is 26.5. The molecule has 0 unspecified atom stereocenters. The summed E-state index contributed by atoms with van der Waals surface area (Å²) in [6.45, 7) is 4.16. The number of hydrogen-bond acceptors (Lipinski definition) is 4. The molecule has 5 N–H and O–H groups in total. The van der Waals surface area contributed by atoms with Gasteiger partial charge < -0.3 is 21.7 Å². The summed E-state index contributed by atoms with van der Waals surface area (Å²) >= 11 is 0. The van der Waals surface area contributed by atoms with Crippen molar-refractivity contribution in [3.05, 3.63) is 59.7 Å². The standard InChI is InChI=1S/C26H33F3N4O2/c1-24(2,30)14-6-5-9-22(34)33-25(15-16-25)23(35)31-17-18-10-12-19(13-11-18)32-21-8-4-3-7-20(21)26(27,28)29/h3-4,7-8,10-13,32H,5-6,9,14-17,30H2,1-2H3,(H,31,35)(H,33,34). The van der Waals surface area contributed by atoms with Crippen molar-refractivity contribution in [3.8, 4) is 0 Å². The minimum absolute atomic E-state index is 0.0285. The lowest BCUT2D eigenvalue weighted by molar-refractivity contribution is -0.137. The van der Waals surface area contributed by atoms with Crippen LogP contribution in [-0.4, -0.2) is 22.9 Å². The largest absolute Gasteiger partial charge is 0.418 e. The summed E-state index contributed by atoms with van der Waals surface area (Å²) in [7, 11) is 0. The Balaban J connectivity index is 1.47. The number of hydrogen-bond donors (Lipinski definition) is 4. The summed E-state index contributed by atoms with van der Waals surface area (Å²) in [6, 6.07) is 12.1. The molecule has 35 heavy (non-hydrogen) atoms. The molecule has 3 rings (SSSR count). The summed E-state index contributed by atoms with van der Waals surface area (Å²) in [5.74, 6) is -0.364. The molecule has 9 heteroatoms. The van der Waals surface area contributed by atoms with Gasteiger partial charge >= 0.3 is 6.18 Å². The highest BCUT2D eigenvalue weighted by atomic mass is 19.4. The number of alkyl halides is 3. The van der Waals surface area contributed by atoms with E-state index >= 15 is 0 Å². The number of amides is 2. The van der Waals surface area contributed by atoms with Crippen LogP contribution in [0, 0.1) is 0 Å². The van der Waals surface area contributed by atoms with Crippen LogP contribution in [0.4, 0.5) is 24.5 Å². The first-order chi connectivity index (χ1) is 16.4. The molecule has 0 spiro atoms. The van der Waals surface area contributed by atoms with Crippen LogP contribution in [0.25, 0.3) is 0 Å². The summed E-state index contributed by atoms with van der Waals surface area (Å²) < 4.78 is 39.5. The average molecular weight is 491 g/mol. The van der Waals surface area contributed by atoms with Crippen LogP contribution < -0.4 is 21.7 Å². The summed E-state index contributed by atoms with van der Waals surface area (Å²) in [6.07, 6.45) is -0.500. The maximum absolute atomic E-state index is 13.2. The van der Waals surface area contributed by atoms with E-state index in [1.54, 1.807) is 24.3 Å². The minimum Gasteiger partial charge on any atom is -0.355 e. The summed E-state index contributed by atoms with van der Waals surface area (Å²) in [5.41, 5.74) is 5.38. The van der Waals surface area contributed by atoms with E-state index < -0.39 is 17.3 Å². The number of nitrogens with two attached hydrogens (primary N) is 1. The van der Waals surface area contributed by atoms with Crippen molar-refractivity contribution < 1.29 is 22.8 Å². The molecule has 0 atom stereocenters. The lowest BCUT2D eigenvalue weighted by Crippen LogP contribution is -2.48. The molecular weight excluding hydrogens is 457 g/mol. The molecule has 0 bridgehead atoms. The second-order valence-corrected chi connectivity index (χ2v) is 9.87. The van der Waals surface area contributed by atoms with Crippen molar-refractivity contribution >= 4 is 23.2 Å². The van der Waals surface area contributed by atoms with E-state index in [4.69, 9.17) is 5.73 Å². The van der Waals surface area contributed by atoms with E-state index in [-0.39, 0.29) is 29.6 Å². The Bertz CT molecular complexity index is 1030. The molecule has 1 aliphatic carbocycles. The van der Waals surface area contributed by atoms with E-state index in [1.165, 1.54) is 18.2 Å². The molecule has 0 heterocycles. The minimum atomic E-state index is -4.45. The van der Waals surface area contributed by atoms with E-state index in [1.807, 2.05) is 13.8 Å². The third kappa shape index (κ3) is 7.99. The molecule has 1 aliphatic rings. The van der Waals surface area contributed by atoms with Crippen LogP contribution in [0.15, 0.2) is 48.5 Å². The third-order valence-electron chi connectivity index (χ3n) is 5.96. The molecule has 0 radical (unpaired) electrons. The van der Waals surface area contributed by atoms with E-state index in [9.17, 15) is 22.8 Å². The van der Waals surface area contributed by atoms with Crippen LogP contribution in [0.5, 0.6) is 0 Å². The number of carbonyl (C=O) groups is 2. The number of carbonyl (C=O) groups excluding carboxylic acids is 2. The molecule has 2 amide bonds. The second-order valence-electron chi connectivity index (χ2n) is 9.87. The Morgan fingerprint density at radius 2 is 1.66 bits per heavy atom. The van der Waals surface area contributed by atoms with Crippen molar-refractivity contribution in [1.82, 2.24) is 10.6 Å². The fourth-order valence-electron chi connectivity index (χ4n) is 3.78. The first-order valence-electron chi connectivity index (χ1n) is 11.8. The highest BCUT2D eigenvalue weighted by molar-refractivity contribution is 5.94. The molecule has 2 aromatic carbocycles. The normalized spacial score (nSPS) is 14.8. The quantitative estimate of drug-likeness (QED) is 0.333. The van der Waals surface area contributed by atoms with E-state index in [2.05, 4.69) is 16.0 Å². The molecular formula is C26H33F3N4O2. The number of para-hydroxylation sites is 1. The predicted octanol–water partition coefficient (Wildman–Crippen LogP) is 5.01. The van der Waals surface area contributed by atoms with Crippen molar-refractivity contribution in [1.29, 1.82) is 0 Å². The maximum atomic E-state index is 13.2. The molecule has 190 valence electrons. The van der Waals surface area contributed by atoms with Crippen molar-refractivity contribution in [2.24, 2.45) is 5.73 Å². The fraction of sp³-hybridized carbons (Fsp3) is 0.462. The van der Waals surface area contributed by atoms with Gasteiger partial charge in [-0.2, -0.15) is 13.2 Å². The lowest BCUT2D eigenvalue weighted by Gasteiger charge is -2.19. The average Bonchev–Trinajstić information content (AvgIpc) is 3.55. The zero-order valence-electron chi connectivity index (χ0n) is 20.1. The number of anilines is 2. The van der Waals surface area contributed by atoms with Crippen molar-refractivity contribution in [3.63, 3.8) is 0 Å². The van der Waals surface area contributed by atoms with Gasteiger partial charge in [-0.25, -0.2) is 0 Å². The number of benzene rings is 2. The molecule has 0 aromatic heterocycles. The lowest BCUT2D eigenvalue weighted by atomic mass is 9.98. The van der Waals surface area contributed by atoms with E-state index in [0.29, 0.717) is 24.9 Å². The van der Waals surface area contributed by atoms with Crippen LogP contribution in [0.3, 0.4) is 0 Å². The molecule has 0 saturated heterocycles. The topological polar surface area (TPSA) is 96.2 Å². The Kier molecular flexibility index (Phi) is 8.10. The zero-order valence-corrected chi connectivity index (χ0v) is 20.1. The Morgan fingerprint density at radius 1 is 1.00 bits per heavy atom. The van der Waals surface area contributed by atoms with Gasteiger partial charge in [-0.3, -0.25) is 9.59 Å². The fourth-order valence-corrected chi connectivity index (χ4v) is 3.78. The summed E-state index contributed by atoms with van der Waals surface area (Å²) in [4.78, 5) is 25.0. The Morgan fingerprint density at radius 3 is 2.26 bits per heavy atom. The predicted molar refractivity (Wildman–Crippen MR) is 130 cm³/mol. The van der Waals surface area contributed by atoms with Crippen LogP contribution in [0.2, 0.25) is 0 Å². The molecule has 1 fully saturated rings. The van der Waals surface area contributed by atoms with Gasteiger partial charge in [0.25, 0.3) is 0 Å². The smallest absolute Gasteiger partial charge is 0.355 e. The molecule has 2 aromatic rings. The highest BCUT2D eigenvalue weighted by Crippen LogP contribution is 2.37. The van der Waals surface area contributed by atoms with Gasteiger partial charge in [0.2, 0.25) is 11.8 Å². The van der Waals surface area contributed by atoms with Gasteiger partial charge in [0, 0.05) is 24.2 Å². The third-order valence-corrected chi connectivity index (χ3v) is 5.96. The van der Waals surface area contributed by atoms with Gasteiger partial charge in [0.1, 0.15) is 5.54 Å². The van der Waals surface area contributed by atoms with Crippen LogP contribution in [0.1, 0.15) is 63.5 Å². The van der Waals surface area contributed by atoms with Crippen LogP contribution >= 0.6 is 0 Å². The Hall–Kier alpha value is -3.07. The molecule has 1 saturated carbocycles. The SMILES string of the molecule is CC(C)(N)CCCCC(=O)NC1(C(=O)NCc2ccc(Nc3ccccc3C(F)(F)F)cc2)CC1. The van der Waals surface area contributed by atoms with Gasteiger partial charge in [0.15, 0.2) is 0 Å². The molecule has 6 nitrogen and oxygen atoms in total. The van der Waals surface area contributed by atoms with Gasteiger partial charge in [-0.1, -0.05) is 30.7 Å². The first-order valence-corrected chi connectivity index (χ1v) is 11.8. The monoisotopic (exact) mass is 490 g/mol. The van der Waals surface area contributed by atoms with Gasteiger partial charge in [-0.15, -0.1) is 0 Å². The highest BCUT2D eigenvalue weighted by Gasteiger charge is 2.50. The van der Waals surface area contributed by atoms with Crippen LogP contribution in [-0.2, 0) is 22.3 Å². The zero-order chi connectivity index (χ0) is 25.7. The van der Waals surface area contributed by atoms with Gasteiger partial charge in [0.05, 0.1) is 11.3 Å². The number of rotatable bonds is 11.